The first-order valence-electron chi connectivity index (χ1n) is 6.48. The van der Waals surface area contributed by atoms with E-state index in [-0.39, 0.29) is 12.5 Å². The van der Waals surface area contributed by atoms with Gasteiger partial charge in [0.1, 0.15) is 0 Å². The predicted molar refractivity (Wildman–Crippen MR) is 83.4 cm³/mol. The number of hydrogen-bond donors (Lipinski definition) is 1. The van der Waals surface area contributed by atoms with Crippen molar-refractivity contribution in [2.45, 2.75) is 13.5 Å². The summed E-state index contributed by atoms with van der Waals surface area (Å²) in [5.74, 6) is 0.248. The van der Waals surface area contributed by atoms with Gasteiger partial charge >= 0.3 is 0 Å². The Balaban J connectivity index is 2.33. The highest BCUT2D eigenvalue weighted by Gasteiger charge is 2.12. The smallest absolute Gasteiger partial charge is 0.0502 e. The van der Waals surface area contributed by atoms with Crippen LogP contribution in [0.2, 0.25) is 0 Å². The zero-order chi connectivity index (χ0) is 13.4. The predicted octanol–water partition coefficient (Wildman–Crippen LogP) is 4.19. The summed E-state index contributed by atoms with van der Waals surface area (Å²) in [6.07, 6.45) is 0. The average Bonchev–Trinajstić information content (AvgIpc) is 2.73. The van der Waals surface area contributed by atoms with E-state index in [0.717, 1.165) is 11.0 Å². The van der Waals surface area contributed by atoms with Crippen LogP contribution in [-0.4, -0.2) is 16.3 Å². The fourth-order valence-corrected chi connectivity index (χ4v) is 2.94. The highest BCUT2D eigenvalue weighted by Crippen LogP contribution is 2.31. The maximum Gasteiger partial charge on any atom is 0.0502 e. The third-order valence-corrected chi connectivity index (χ3v) is 4.03. The zero-order valence-corrected chi connectivity index (χ0v) is 12.4. The summed E-state index contributed by atoms with van der Waals surface area (Å²) in [5, 5.41) is 11.9. The normalized spacial score (nSPS) is 13.2. The van der Waals surface area contributed by atoms with E-state index in [1.807, 2.05) is 0 Å². The van der Waals surface area contributed by atoms with E-state index < -0.39 is 0 Å². The molecule has 2 nitrogen and oxygen atoms in total. The Labute approximate surface area is 120 Å². The van der Waals surface area contributed by atoms with Gasteiger partial charge < -0.3 is 9.67 Å². The second kappa shape index (κ2) is 4.99. The van der Waals surface area contributed by atoms with E-state index in [0.29, 0.717) is 0 Å². The summed E-state index contributed by atoms with van der Waals surface area (Å²) in [6.45, 7) is 3.11. The molecule has 0 unspecified atom stereocenters. The van der Waals surface area contributed by atoms with E-state index in [1.165, 1.54) is 21.8 Å². The van der Waals surface area contributed by atoms with Crippen LogP contribution in [0.4, 0.5) is 0 Å². The van der Waals surface area contributed by atoms with Crippen LogP contribution >= 0.6 is 15.9 Å². The highest BCUT2D eigenvalue weighted by atomic mass is 79.9. The number of aliphatic hydroxyl groups excluding tert-OH is 1. The topological polar surface area (TPSA) is 25.2 Å². The van der Waals surface area contributed by atoms with Crippen molar-refractivity contribution in [1.82, 2.24) is 4.57 Å². The number of rotatable bonds is 3. The lowest BCUT2D eigenvalue weighted by Crippen LogP contribution is -2.10. The number of aromatic nitrogens is 1. The first kappa shape index (κ1) is 12.7. The van der Waals surface area contributed by atoms with Gasteiger partial charge in [0, 0.05) is 33.9 Å². The average molecular weight is 318 g/mol. The molecule has 1 atom stereocenters. The minimum absolute atomic E-state index is 0.210. The van der Waals surface area contributed by atoms with Crippen LogP contribution in [0.5, 0.6) is 0 Å². The highest BCUT2D eigenvalue weighted by molar-refractivity contribution is 9.10. The van der Waals surface area contributed by atoms with Crippen molar-refractivity contribution in [3.8, 4) is 0 Å². The monoisotopic (exact) mass is 317 g/mol. The van der Waals surface area contributed by atoms with E-state index in [4.69, 9.17) is 0 Å². The van der Waals surface area contributed by atoms with Crippen LogP contribution in [0.15, 0.2) is 46.9 Å². The summed E-state index contributed by atoms with van der Waals surface area (Å²) >= 11 is 3.54. The molecule has 0 radical (unpaired) electrons. The maximum absolute atomic E-state index is 9.31. The van der Waals surface area contributed by atoms with Crippen LogP contribution in [0.3, 0.4) is 0 Å². The van der Waals surface area contributed by atoms with Gasteiger partial charge in [-0.3, -0.25) is 0 Å². The Hall–Kier alpha value is -1.32. The summed E-state index contributed by atoms with van der Waals surface area (Å²) < 4.78 is 3.39. The molecule has 0 aliphatic carbocycles. The van der Waals surface area contributed by atoms with E-state index in [2.05, 4.69) is 69.9 Å². The second-order valence-electron chi connectivity index (χ2n) is 5.08. The third-order valence-electron chi connectivity index (χ3n) is 3.54. The Kier molecular flexibility index (Phi) is 3.33. The van der Waals surface area contributed by atoms with Crippen molar-refractivity contribution in [1.29, 1.82) is 0 Å². The summed E-state index contributed by atoms with van der Waals surface area (Å²) in [7, 11) is 0. The van der Waals surface area contributed by atoms with Gasteiger partial charge in [-0.2, -0.15) is 0 Å². The fraction of sp³-hybridized carbons (Fsp3) is 0.250. The molecule has 1 N–H and O–H groups in total. The van der Waals surface area contributed by atoms with Gasteiger partial charge in [-0.25, -0.2) is 0 Å². The summed E-state index contributed by atoms with van der Waals surface area (Å²) in [6, 6.07) is 14.8. The number of hydrogen-bond acceptors (Lipinski definition) is 1. The lowest BCUT2D eigenvalue weighted by Gasteiger charge is -2.12. The quantitative estimate of drug-likeness (QED) is 0.770. The molecule has 1 aromatic heterocycles. The number of nitrogens with zero attached hydrogens (tertiary/aromatic N) is 1. The van der Waals surface area contributed by atoms with Gasteiger partial charge in [-0.15, -0.1) is 0 Å². The van der Waals surface area contributed by atoms with Crippen LogP contribution < -0.4 is 0 Å². The standard InChI is InChI=1S/C16H16BrNO/c1-11(10-19)9-18-15-5-3-2-4-13(15)14-7-6-12(17)8-16(14)18/h2-8,11,19H,9-10H2,1H3/t11-/m0/s1. The molecule has 0 spiro atoms. The fourth-order valence-electron chi connectivity index (χ4n) is 2.59. The number of fused-ring (bicyclic) bond motifs is 3. The molecule has 1 heterocycles. The van der Waals surface area contributed by atoms with Crippen molar-refractivity contribution in [2.75, 3.05) is 6.61 Å². The molecule has 98 valence electrons. The van der Waals surface area contributed by atoms with Gasteiger partial charge in [0.15, 0.2) is 0 Å². The van der Waals surface area contributed by atoms with Crippen molar-refractivity contribution in [3.05, 3.63) is 46.9 Å². The van der Waals surface area contributed by atoms with Crippen molar-refractivity contribution in [2.24, 2.45) is 5.92 Å². The molecule has 0 bridgehead atoms. The summed E-state index contributed by atoms with van der Waals surface area (Å²) in [4.78, 5) is 0. The SMILES string of the molecule is C[C@H](CO)Cn1c2ccccc2c2ccc(Br)cc21. The lowest BCUT2D eigenvalue weighted by atomic mass is 10.2. The van der Waals surface area contributed by atoms with Crippen LogP contribution in [0, 0.1) is 5.92 Å². The molecular formula is C16H16BrNO. The van der Waals surface area contributed by atoms with E-state index in [9.17, 15) is 5.11 Å². The molecule has 0 saturated carbocycles. The van der Waals surface area contributed by atoms with Gasteiger partial charge in [0.25, 0.3) is 0 Å². The van der Waals surface area contributed by atoms with E-state index >= 15 is 0 Å². The third kappa shape index (κ3) is 2.17. The Bertz CT molecular complexity index is 732. The minimum Gasteiger partial charge on any atom is -0.396 e. The maximum atomic E-state index is 9.31. The second-order valence-corrected chi connectivity index (χ2v) is 5.99. The molecule has 2 aromatic carbocycles. The first-order valence-corrected chi connectivity index (χ1v) is 7.27. The zero-order valence-electron chi connectivity index (χ0n) is 10.8. The van der Waals surface area contributed by atoms with Gasteiger partial charge in [-0.05, 0) is 24.1 Å². The van der Waals surface area contributed by atoms with Gasteiger partial charge in [0.2, 0.25) is 0 Å². The molecule has 0 fully saturated rings. The van der Waals surface area contributed by atoms with Gasteiger partial charge in [0.05, 0.1) is 5.52 Å². The Morgan fingerprint density at radius 3 is 2.63 bits per heavy atom. The Morgan fingerprint density at radius 2 is 1.84 bits per heavy atom. The molecule has 19 heavy (non-hydrogen) atoms. The van der Waals surface area contributed by atoms with E-state index in [1.54, 1.807) is 0 Å². The molecular weight excluding hydrogens is 302 g/mol. The van der Waals surface area contributed by atoms with Crippen molar-refractivity contribution in [3.63, 3.8) is 0 Å². The van der Waals surface area contributed by atoms with Crippen LogP contribution in [0.1, 0.15) is 6.92 Å². The number of halogens is 1. The molecule has 3 rings (SSSR count). The molecule has 3 heteroatoms. The van der Waals surface area contributed by atoms with Crippen LogP contribution in [0.25, 0.3) is 21.8 Å². The molecule has 0 amide bonds. The number of aliphatic hydroxyl groups is 1. The first-order chi connectivity index (χ1) is 9.20. The molecule has 0 aliphatic rings. The number of para-hydroxylation sites is 1. The summed E-state index contributed by atoms with van der Waals surface area (Å²) in [5.41, 5.74) is 2.45. The van der Waals surface area contributed by atoms with Crippen molar-refractivity contribution < 1.29 is 5.11 Å². The molecule has 0 saturated heterocycles. The molecule has 3 aromatic rings. The van der Waals surface area contributed by atoms with Crippen molar-refractivity contribution >= 4 is 37.7 Å². The van der Waals surface area contributed by atoms with Gasteiger partial charge in [-0.1, -0.05) is 47.1 Å². The number of benzene rings is 2. The van der Waals surface area contributed by atoms with Crippen LogP contribution in [-0.2, 0) is 6.54 Å². The largest absolute Gasteiger partial charge is 0.396 e. The minimum atomic E-state index is 0.210. The lowest BCUT2D eigenvalue weighted by molar-refractivity contribution is 0.225. The Morgan fingerprint density at radius 1 is 1.11 bits per heavy atom. The molecule has 0 aliphatic heterocycles.